The van der Waals surface area contributed by atoms with E-state index >= 15 is 0 Å². The molecule has 0 saturated carbocycles. The first-order valence-corrected chi connectivity index (χ1v) is 8.71. The van der Waals surface area contributed by atoms with Crippen molar-refractivity contribution in [3.05, 3.63) is 16.8 Å². The van der Waals surface area contributed by atoms with Crippen LogP contribution < -0.4 is 5.32 Å². The van der Waals surface area contributed by atoms with Crippen LogP contribution in [0.25, 0.3) is 10.2 Å². The number of unbranched alkanes of at least 4 members (excludes halogenated alkanes) is 2. The zero-order valence-electron chi connectivity index (χ0n) is 12.6. The lowest BCUT2D eigenvalue weighted by Gasteiger charge is -2.18. The van der Waals surface area contributed by atoms with Crippen molar-refractivity contribution in [1.82, 2.24) is 9.97 Å². The zero-order chi connectivity index (χ0) is 14.7. The van der Waals surface area contributed by atoms with Gasteiger partial charge in [-0.15, -0.1) is 11.3 Å². The predicted octanol–water partition coefficient (Wildman–Crippen LogP) is 3.39. The van der Waals surface area contributed by atoms with E-state index in [-0.39, 0.29) is 6.61 Å². The molecule has 0 spiro atoms. The maximum atomic E-state index is 8.81. The monoisotopic (exact) mass is 305 g/mol. The van der Waals surface area contributed by atoms with Gasteiger partial charge in [0.15, 0.2) is 0 Å². The number of aliphatic hydroxyl groups excluding tert-OH is 1. The lowest BCUT2D eigenvalue weighted by atomic mass is 9.89. The maximum absolute atomic E-state index is 8.81. The molecule has 4 nitrogen and oxygen atoms in total. The smallest absolute Gasteiger partial charge is 0.138 e. The minimum atomic E-state index is 0.286. The minimum absolute atomic E-state index is 0.286. The molecule has 2 aromatic rings. The summed E-state index contributed by atoms with van der Waals surface area (Å²) >= 11 is 1.84. The van der Waals surface area contributed by atoms with Crippen molar-refractivity contribution in [2.45, 2.75) is 45.4 Å². The average Bonchev–Trinajstić information content (AvgIpc) is 2.85. The number of nitrogens with one attached hydrogen (secondary N) is 1. The summed E-state index contributed by atoms with van der Waals surface area (Å²) in [7, 11) is 0. The molecule has 2 N–H and O–H groups in total. The number of nitrogens with zero attached hydrogens (tertiary/aromatic N) is 2. The van der Waals surface area contributed by atoms with Gasteiger partial charge in [0.05, 0.1) is 5.39 Å². The molecule has 1 aliphatic carbocycles. The molecule has 0 saturated heterocycles. The number of aliphatic hydroxyl groups is 1. The van der Waals surface area contributed by atoms with E-state index in [2.05, 4.69) is 22.2 Å². The van der Waals surface area contributed by atoms with Gasteiger partial charge in [-0.2, -0.15) is 0 Å². The van der Waals surface area contributed by atoms with Gasteiger partial charge in [0.2, 0.25) is 0 Å². The van der Waals surface area contributed by atoms with E-state index in [0.717, 1.165) is 48.8 Å². The summed E-state index contributed by atoms with van der Waals surface area (Å²) < 4.78 is 0. The molecule has 1 aliphatic rings. The second kappa shape index (κ2) is 6.71. The number of fused-ring (bicyclic) bond motifs is 3. The highest BCUT2D eigenvalue weighted by molar-refractivity contribution is 7.19. The first-order chi connectivity index (χ1) is 10.3. The molecule has 0 radical (unpaired) electrons. The van der Waals surface area contributed by atoms with Crippen LogP contribution in [0.4, 0.5) is 5.82 Å². The Balaban J connectivity index is 1.79. The van der Waals surface area contributed by atoms with Crippen molar-refractivity contribution in [2.75, 3.05) is 18.5 Å². The van der Waals surface area contributed by atoms with Crippen molar-refractivity contribution >= 4 is 27.4 Å². The van der Waals surface area contributed by atoms with Crippen molar-refractivity contribution in [3.63, 3.8) is 0 Å². The van der Waals surface area contributed by atoms with E-state index in [4.69, 9.17) is 5.11 Å². The Kier molecular flexibility index (Phi) is 4.70. The molecule has 0 fully saturated rings. The maximum Gasteiger partial charge on any atom is 0.138 e. The minimum Gasteiger partial charge on any atom is -0.396 e. The van der Waals surface area contributed by atoms with Crippen LogP contribution in [0.2, 0.25) is 0 Å². The fourth-order valence-corrected chi connectivity index (χ4v) is 4.38. The van der Waals surface area contributed by atoms with E-state index in [1.807, 2.05) is 11.3 Å². The van der Waals surface area contributed by atoms with Crippen LogP contribution in [-0.4, -0.2) is 28.2 Å². The Hall–Kier alpha value is -1.20. The number of aromatic nitrogens is 2. The van der Waals surface area contributed by atoms with Gasteiger partial charge in [0.1, 0.15) is 17.0 Å². The van der Waals surface area contributed by atoms with Gasteiger partial charge >= 0.3 is 0 Å². The van der Waals surface area contributed by atoms with Gasteiger partial charge in [0.25, 0.3) is 0 Å². The third-order valence-corrected chi connectivity index (χ3v) is 5.38. The number of hydrogen-bond donors (Lipinski definition) is 2. The topological polar surface area (TPSA) is 58.0 Å². The van der Waals surface area contributed by atoms with Crippen molar-refractivity contribution < 1.29 is 5.11 Å². The van der Waals surface area contributed by atoms with Crippen LogP contribution in [0, 0.1) is 5.92 Å². The molecule has 2 heterocycles. The zero-order valence-corrected chi connectivity index (χ0v) is 13.4. The summed E-state index contributed by atoms with van der Waals surface area (Å²) in [4.78, 5) is 11.6. The Morgan fingerprint density at radius 3 is 3.10 bits per heavy atom. The third-order valence-electron chi connectivity index (χ3n) is 4.22. The Morgan fingerprint density at radius 2 is 2.24 bits per heavy atom. The number of thiophene rings is 1. The predicted molar refractivity (Wildman–Crippen MR) is 88.0 cm³/mol. The summed E-state index contributed by atoms with van der Waals surface area (Å²) in [5.41, 5.74) is 1.48. The number of rotatable bonds is 6. The fourth-order valence-electron chi connectivity index (χ4n) is 3.03. The largest absolute Gasteiger partial charge is 0.396 e. The lowest BCUT2D eigenvalue weighted by molar-refractivity contribution is 0.283. The van der Waals surface area contributed by atoms with Crippen LogP contribution in [0.1, 0.15) is 43.0 Å². The standard InChI is InChI=1S/C16H23N3OS/c1-11-5-6-12-13(9-11)21-16-14(12)15(18-10-19-16)17-7-3-2-4-8-20/h10-11,20H,2-9H2,1H3,(H,17,18,19)/t11-/m0/s1. The molecular weight excluding hydrogens is 282 g/mol. The molecule has 2 aromatic heterocycles. The molecule has 5 heteroatoms. The summed E-state index contributed by atoms with van der Waals surface area (Å²) in [6, 6.07) is 0. The van der Waals surface area contributed by atoms with Crippen LogP contribution in [0.15, 0.2) is 6.33 Å². The van der Waals surface area contributed by atoms with Gasteiger partial charge < -0.3 is 10.4 Å². The first-order valence-electron chi connectivity index (χ1n) is 7.89. The Morgan fingerprint density at radius 1 is 1.33 bits per heavy atom. The van der Waals surface area contributed by atoms with E-state index in [0.29, 0.717) is 0 Å². The molecule has 114 valence electrons. The summed E-state index contributed by atoms with van der Waals surface area (Å²) in [5.74, 6) is 1.78. The van der Waals surface area contributed by atoms with Crippen LogP contribution in [0.3, 0.4) is 0 Å². The van der Waals surface area contributed by atoms with Crippen molar-refractivity contribution in [1.29, 1.82) is 0 Å². The average molecular weight is 305 g/mol. The Bertz CT molecular complexity index is 611. The first kappa shape index (κ1) is 14.7. The van der Waals surface area contributed by atoms with E-state index in [1.165, 1.54) is 28.7 Å². The molecule has 0 aromatic carbocycles. The molecule has 21 heavy (non-hydrogen) atoms. The number of aryl methyl sites for hydroxylation is 1. The molecule has 3 rings (SSSR count). The molecule has 0 amide bonds. The van der Waals surface area contributed by atoms with Crippen LogP contribution >= 0.6 is 11.3 Å². The highest BCUT2D eigenvalue weighted by Gasteiger charge is 2.22. The Labute approximate surface area is 129 Å². The quantitative estimate of drug-likeness (QED) is 0.803. The van der Waals surface area contributed by atoms with Gasteiger partial charge in [-0.05, 0) is 50.0 Å². The highest BCUT2D eigenvalue weighted by Crippen LogP contribution is 2.39. The fraction of sp³-hybridized carbons (Fsp3) is 0.625. The van der Waals surface area contributed by atoms with Gasteiger partial charge in [-0.25, -0.2) is 9.97 Å². The molecule has 1 atom stereocenters. The van der Waals surface area contributed by atoms with E-state index in [9.17, 15) is 0 Å². The summed E-state index contributed by atoms with van der Waals surface area (Å²) in [6.45, 7) is 3.53. The van der Waals surface area contributed by atoms with Gasteiger partial charge in [-0.3, -0.25) is 0 Å². The lowest BCUT2D eigenvalue weighted by Crippen LogP contribution is -2.10. The summed E-state index contributed by atoms with van der Waals surface area (Å²) in [5, 5.41) is 13.5. The second-order valence-electron chi connectivity index (χ2n) is 5.97. The summed E-state index contributed by atoms with van der Waals surface area (Å²) in [6.07, 6.45) is 8.28. The van der Waals surface area contributed by atoms with E-state index in [1.54, 1.807) is 6.33 Å². The van der Waals surface area contributed by atoms with Crippen LogP contribution in [-0.2, 0) is 12.8 Å². The molecule has 0 bridgehead atoms. The van der Waals surface area contributed by atoms with Gasteiger partial charge in [-0.1, -0.05) is 6.92 Å². The molecular formula is C16H23N3OS. The van der Waals surface area contributed by atoms with E-state index < -0.39 is 0 Å². The molecule has 0 aliphatic heterocycles. The highest BCUT2D eigenvalue weighted by atomic mass is 32.1. The molecule has 0 unspecified atom stereocenters. The number of hydrogen-bond acceptors (Lipinski definition) is 5. The third kappa shape index (κ3) is 3.19. The van der Waals surface area contributed by atoms with Crippen molar-refractivity contribution in [3.8, 4) is 0 Å². The van der Waals surface area contributed by atoms with Crippen LogP contribution in [0.5, 0.6) is 0 Å². The second-order valence-corrected chi connectivity index (χ2v) is 7.05. The SMILES string of the molecule is C[C@H]1CCc2c(sc3ncnc(NCCCCCO)c23)C1. The van der Waals surface area contributed by atoms with Gasteiger partial charge in [0, 0.05) is 18.0 Å². The van der Waals surface area contributed by atoms with Crippen molar-refractivity contribution in [2.24, 2.45) is 5.92 Å². The normalized spacial score (nSPS) is 17.9. The number of anilines is 1.